The average molecular weight is 330 g/mol. The van der Waals surface area contributed by atoms with E-state index in [2.05, 4.69) is 25.8 Å². The molecule has 0 aliphatic carbocycles. The highest BCUT2D eigenvalue weighted by atomic mass is 35.5. The SMILES string of the molecule is Fc1ccccc1CNc1nncc(Nc2ccc(Cl)cc2)n1. The van der Waals surface area contributed by atoms with Crippen molar-refractivity contribution < 1.29 is 4.39 Å². The highest BCUT2D eigenvalue weighted by Gasteiger charge is 2.04. The number of halogens is 2. The zero-order valence-corrected chi connectivity index (χ0v) is 12.8. The lowest BCUT2D eigenvalue weighted by Gasteiger charge is -2.08. The van der Waals surface area contributed by atoms with Crippen molar-refractivity contribution in [3.63, 3.8) is 0 Å². The summed E-state index contributed by atoms with van der Waals surface area (Å²) >= 11 is 5.85. The third-order valence-corrected chi connectivity index (χ3v) is 3.32. The molecule has 1 aromatic heterocycles. The van der Waals surface area contributed by atoms with Crippen LogP contribution >= 0.6 is 11.6 Å². The van der Waals surface area contributed by atoms with E-state index in [4.69, 9.17) is 11.6 Å². The summed E-state index contributed by atoms with van der Waals surface area (Å²) in [4.78, 5) is 4.28. The van der Waals surface area contributed by atoms with Crippen LogP contribution in [0.15, 0.2) is 54.7 Å². The molecule has 0 bridgehead atoms. The number of hydrogen-bond acceptors (Lipinski definition) is 5. The Hall–Kier alpha value is -2.73. The molecule has 0 radical (unpaired) electrons. The Bertz CT molecular complexity index is 794. The molecule has 0 amide bonds. The Morgan fingerprint density at radius 2 is 1.83 bits per heavy atom. The molecule has 3 rings (SSSR count). The van der Waals surface area contributed by atoms with Gasteiger partial charge in [0, 0.05) is 22.8 Å². The Kier molecular flexibility index (Phi) is 4.63. The van der Waals surface area contributed by atoms with E-state index in [1.165, 1.54) is 12.3 Å². The van der Waals surface area contributed by atoms with Gasteiger partial charge in [0.2, 0.25) is 5.95 Å². The summed E-state index contributed by atoms with van der Waals surface area (Å²) in [6.07, 6.45) is 1.50. The van der Waals surface area contributed by atoms with Crippen LogP contribution in [0.2, 0.25) is 5.02 Å². The molecule has 2 aromatic carbocycles. The number of anilines is 3. The van der Waals surface area contributed by atoms with Crippen LogP contribution in [-0.2, 0) is 6.54 Å². The summed E-state index contributed by atoms with van der Waals surface area (Å²) in [5.41, 5.74) is 1.36. The smallest absolute Gasteiger partial charge is 0.244 e. The number of hydrogen-bond donors (Lipinski definition) is 2. The van der Waals surface area contributed by atoms with Crippen LogP contribution in [-0.4, -0.2) is 15.2 Å². The summed E-state index contributed by atoms with van der Waals surface area (Å²) in [5.74, 6) is 0.564. The van der Waals surface area contributed by atoms with Gasteiger partial charge in [-0.2, -0.15) is 10.1 Å². The molecular weight excluding hydrogens is 317 g/mol. The van der Waals surface area contributed by atoms with Gasteiger partial charge in [-0.1, -0.05) is 29.8 Å². The van der Waals surface area contributed by atoms with E-state index in [0.717, 1.165) is 5.69 Å². The molecule has 0 saturated carbocycles. The molecule has 0 aliphatic rings. The first-order valence-corrected chi connectivity index (χ1v) is 7.28. The van der Waals surface area contributed by atoms with Gasteiger partial charge >= 0.3 is 0 Å². The number of nitrogens with zero attached hydrogens (tertiary/aromatic N) is 3. The lowest BCUT2D eigenvalue weighted by Crippen LogP contribution is -2.07. The van der Waals surface area contributed by atoms with Crippen molar-refractivity contribution in [3.05, 3.63) is 71.1 Å². The quantitative estimate of drug-likeness (QED) is 0.740. The second-order valence-corrected chi connectivity index (χ2v) is 5.18. The molecule has 116 valence electrons. The van der Waals surface area contributed by atoms with Gasteiger partial charge in [0.25, 0.3) is 0 Å². The number of rotatable bonds is 5. The van der Waals surface area contributed by atoms with E-state index < -0.39 is 0 Å². The summed E-state index contributed by atoms with van der Waals surface area (Å²) in [5, 5.41) is 14.5. The van der Waals surface area contributed by atoms with Crippen molar-refractivity contribution in [2.45, 2.75) is 6.54 Å². The monoisotopic (exact) mass is 329 g/mol. The van der Waals surface area contributed by atoms with E-state index in [0.29, 0.717) is 22.4 Å². The Balaban J connectivity index is 1.67. The van der Waals surface area contributed by atoms with Gasteiger partial charge in [-0.05, 0) is 30.3 Å². The van der Waals surface area contributed by atoms with Gasteiger partial charge in [0.05, 0.1) is 6.20 Å². The maximum atomic E-state index is 13.6. The lowest BCUT2D eigenvalue weighted by atomic mass is 10.2. The molecule has 23 heavy (non-hydrogen) atoms. The van der Waals surface area contributed by atoms with Gasteiger partial charge in [-0.15, -0.1) is 5.10 Å². The first-order chi connectivity index (χ1) is 11.2. The molecule has 3 aromatic rings. The predicted octanol–water partition coefficient (Wildman–Crippen LogP) is 4.02. The summed E-state index contributed by atoms with van der Waals surface area (Å²) in [6.45, 7) is 0.277. The van der Waals surface area contributed by atoms with Crippen LogP contribution in [0.4, 0.5) is 21.8 Å². The largest absolute Gasteiger partial charge is 0.349 e. The van der Waals surface area contributed by atoms with Gasteiger partial charge in [0.1, 0.15) is 5.82 Å². The van der Waals surface area contributed by atoms with Gasteiger partial charge in [-0.25, -0.2) is 4.39 Å². The molecular formula is C16H13ClFN5. The minimum absolute atomic E-state index is 0.275. The van der Waals surface area contributed by atoms with Crippen LogP contribution in [0, 0.1) is 5.82 Å². The van der Waals surface area contributed by atoms with Crippen LogP contribution in [0.3, 0.4) is 0 Å². The maximum absolute atomic E-state index is 13.6. The molecule has 0 spiro atoms. The van der Waals surface area contributed by atoms with E-state index >= 15 is 0 Å². The zero-order valence-electron chi connectivity index (χ0n) is 12.0. The highest BCUT2D eigenvalue weighted by molar-refractivity contribution is 6.30. The Morgan fingerprint density at radius 1 is 1.04 bits per heavy atom. The highest BCUT2D eigenvalue weighted by Crippen LogP contribution is 2.17. The van der Waals surface area contributed by atoms with E-state index in [9.17, 15) is 4.39 Å². The normalized spacial score (nSPS) is 10.3. The first kappa shape index (κ1) is 15.2. The fraction of sp³-hybridized carbons (Fsp3) is 0.0625. The van der Waals surface area contributed by atoms with E-state index in [-0.39, 0.29) is 12.4 Å². The van der Waals surface area contributed by atoms with E-state index in [1.807, 2.05) is 12.1 Å². The fourth-order valence-corrected chi connectivity index (χ4v) is 2.06. The standard InChI is InChI=1S/C16H13ClFN5/c17-12-5-7-13(8-6-12)21-15-10-20-23-16(22-15)19-9-11-3-1-2-4-14(11)18/h1-8,10H,9H2,(H2,19,21,22,23). The molecule has 2 N–H and O–H groups in total. The number of benzene rings is 2. The number of nitrogens with one attached hydrogen (secondary N) is 2. The Morgan fingerprint density at radius 3 is 2.61 bits per heavy atom. The van der Waals surface area contributed by atoms with Crippen molar-refractivity contribution in [1.29, 1.82) is 0 Å². The molecule has 7 heteroatoms. The van der Waals surface area contributed by atoms with Crippen molar-refractivity contribution in [3.8, 4) is 0 Å². The topological polar surface area (TPSA) is 62.7 Å². The minimum Gasteiger partial charge on any atom is -0.349 e. The van der Waals surface area contributed by atoms with Crippen molar-refractivity contribution in [2.24, 2.45) is 0 Å². The summed E-state index contributed by atoms with van der Waals surface area (Å²) in [7, 11) is 0. The van der Waals surface area contributed by atoms with Gasteiger partial charge < -0.3 is 10.6 Å². The second kappa shape index (κ2) is 7.02. The van der Waals surface area contributed by atoms with Gasteiger partial charge in [0.15, 0.2) is 5.82 Å². The van der Waals surface area contributed by atoms with Crippen molar-refractivity contribution in [1.82, 2.24) is 15.2 Å². The molecule has 0 atom stereocenters. The third kappa shape index (κ3) is 4.14. The van der Waals surface area contributed by atoms with Gasteiger partial charge in [-0.3, -0.25) is 0 Å². The lowest BCUT2D eigenvalue weighted by molar-refractivity contribution is 0.612. The third-order valence-electron chi connectivity index (χ3n) is 3.07. The molecule has 0 unspecified atom stereocenters. The van der Waals surface area contributed by atoms with Crippen LogP contribution < -0.4 is 10.6 Å². The molecule has 0 aliphatic heterocycles. The summed E-state index contributed by atoms with van der Waals surface area (Å²) < 4.78 is 13.6. The second-order valence-electron chi connectivity index (χ2n) is 4.74. The number of aromatic nitrogens is 3. The van der Waals surface area contributed by atoms with Crippen LogP contribution in [0.25, 0.3) is 0 Å². The molecule has 0 saturated heterocycles. The Labute approximate surface area is 137 Å². The van der Waals surface area contributed by atoms with Crippen molar-refractivity contribution >= 4 is 29.1 Å². The van der Waals surface area contributed by atoms with E-state index in [1.54, 1.807) is 30.3 Å². The maximum Gasteiger partial charge on any atom is 0.244 e. The average Bonchev–Trinajstić information content (AvgIpc) is 2.57. The molecule has 1 heterocycles. The van der Waals surface area contributed by atoms with Crippen molar-refractivity contribution in [2.75, 3.05) is 10.6 Å². The summed E-state index contributed by atoms with van der Waals surface area (Å²) in [6, 6.07) is 13.7. The zero-order chi connectivity index (χ0) is 16.1. The molecule has 5 nitrogen and oxygen atoms in total. The molecule has 0 fully saturated rings. The fourth-order valence-electron chi connectivity index (χ4n) is 1.94. The predicted molar refractivity (Wildman–Crippen MR) is 88.3 cm³/mol. The van der Waals surface area contributed by atoms with Crippen LogP contribution in [0.5, 0.6) is 0 Å². The minimum atomic E-state index is -0.275. The first-order valence-electron chi connectivity index (χ1n) is 6.90. The van der Waals surface area contributed by atoms with Crippen LogP contribution in [0.1, 0.15) is 5.56 Å².